The highest BCUT2D eigenvalue weighted by Crippen LogP contribution is 2.42. The van der Waals surface area contributed by atoms with Gasteiger partial charge in [0.05, 0.1) is 0 Å². The zero-order chi connectivity index (χ0) is 10.3. The van der Waals surface area contributed by atoms with Crippen LogP contribution >= 0.6 is 18.5 Å². The first-order chi connectivity index (χ1) is 6.04. The van der Waals surface area contributed by atoms with E-state index in [4.69, 9.17) is 0 Å². The molecular weight excluding hydrogens is 194 g/mol. The van der Waals surface area contributed by atoms with Crippen LogP contribution in [0.25, 0.3) is 0 Å². The Kier molecular flexibility index (Phi) is 7.67. The summed E-state index contributed by atoms with van der Waals surface area (Å²) in [6, 6.07) is 0. The molecule has 0 radical (unpaired) electrons. The lowest BCUT2D eigenvalue weighted by Crippen LogP contribution is -2.21. The monoisotopic (exact) mass is 220 g/mol. The Hall–Kier alpha value is 0.860. The smallest absolute Gasteiger partial charge is 0.00183 e. The van der Waals surface area contributed by atoms with Crippen LogP contribution in [0.2, 0.25) is 0 Å². The summed E-state index contributed by atoms with van der Waals surface area (Å²) in [5, 5.41) is 0. The van der Waals surface area contributed by atoms with Crippen LogP contribution in [0.15, 0.2) is 0 Å². The summed E-state index contributed by atoms with van der Waals surface area (Å²) < 4.78 is 0. The molecule has 0 amide bonds. The van der Waals surface area contributed by atoms with E-state index in [1.165, 1.54) is 38.5 Å². The Balaban J connectivity index is 3.80. The lowest BCUT2D eigenvalue weighted by atomic mass is 9.96. The standard InChI is InChI=1S/C11H26P2/c1-4-6-8-10(3)11(12,13)9-7-5-2/h10H,4-9,12-13H2,1-3H3. The van der Waals surface area contributed by atoms with E-state index in [1.807, 2.05) is 0 Å². The van der Waals surface area contributed by atoms with Crippen LogP contribution in [0.1, 0.15) is 59.3 Å². The third kappa shape index (κ3) is 6.03. The molecule has 0 aliphatic rings. The van der Waals surface area contributed by atoms with Crippen molar-refractivity contribution in [2.24, 2.45) is 5.92 Å². The molecule has 0 aliphatic carbocycles. The molecule has 0 saturated heterocycles. The molecule has 0 heterocycles. The Morgan fingerprint density at radius 3 is 2.08 bits per heavy atom. The molecular formula is C11H26P2. The minimum absolute atomic E-state index is 0.394. The third-order valence-electron chi connectivity index (χ3n) is 2.87. The molecule has 3 unspecified atom stereocenters. The van der Waals surface area contributed by atoms with Crippen molar-refractivity contribution < 1.29 is 0 Å². The summed E-state index contributed by atoms with van der Waals surface area (Å²) in [5.41, 5.74) is 0. The first-order valence-electron chi connectivity index (χ1n) is 5.62. The zero-order valence-electron chi connectivity index (χ0n) is 9.47. The number of unbranched alkanes of at least 4 members (excludes halogenated alkanes) is 2. The molecule has 80 valence electrons. The quantitative estimate of drug-likeness (QED) is 0.556. The predicted octanol–water partition coefficient (Wildman–Crippen LogP) is 4.45. The van der Waals surface area contributed by atoms with Gasteiger partial charge in [0.1, 0.15) is 0 Å². The van der Waals surface area contributed by atoms with Gasteiger partial charge in [-0.05, 0) is 18.8 Å². The van der Waals surface area contributed by atoms with E-state index in [2.05, 4.69) is 39.3 Å². The molecule has 0 bridgehead atoms. The Morgan fingerprint density at radius 2 is 1.62 bits per heavy atom. The molecule has 0 aliphatic heterocycles. The van der Waals surface area contributed by atoms with Gasteiger partial charge in [-0.3, -0.25) is 0 Å². The summed E-state index contributed by atoms with van der Waals surface area (Å²) >= 11 is 0. The molecule has 3 atom stereocenters. The molecule has 0 nitrogen and oxygen atoms in total. The summed E-state index contributed by atoms with van der Waals surface area (Å²) in [5.74, 6) is 0.814. The topological polar surface area (TPSA) is 0 Å². The number of hydrogen-bond acceptors (Lipinski definition) is 0. The Labute approximate surface area is 89.0 Å². The molecule has 0 spiro atoms. The maximum atomic E-state index is 3.04. The van der Waals surface area contributed by atoms with Crippen molar-refractivity contribution in [1.82, 2.24) is 0 Å². The minimum atomic E-state index is 0.394. The minimum Gasteiger partial charge on any atom is -0.127 e. The second-order valence-electron chi connectivity index (χ2n) is 4.26. The summed E-state index contributed by atoms with van der Waals surface area (Å²) in [7, 11) is 6.08. The van der Waals surface area contributed by atoms with Gasteiger partial charge in [-0.15, -0.1) is 18.5 Å². The van der Waals surface area contributed by atoms with Crippen LogP contribution in [0.3, 0.4) is 0 Å². The average Bonchev–Trinajstić information content (AvgIpc) is 2.10. The number of hydrogen-bond donors (Lipinski definition) is 0. The van der Waals surface area contributed by atoms with Crippen molar-refractivity contribution in [1.29, 1.82) is 0 Å². The van der Waals surface area contributed by atoms with Gasteiger partial charge in [-0.1, -0.05) is 46.5 Å². The zero-order valence-corrected chi connectivity index (χ0v) is 11.8. The maximum absolute atomic E-state index is 3.04. The number of rotatable bonds is 7. The molecule has 0 aromatic heterocycles. The second-order valence-corrected chi connectivity index (χ2v) is 7.08. The van der Waals surface area contributed by atoms with Crippen LogP contribution in [-0.4, -0.2) is 4.90 Å². The first-order valence-corrected chi connectivity index (χ1v) is 6.77. The molecule has 0 aromatic rings. The van der Waals surface area contributed by atoms with Crippen molar-refractivity contribution in [3.8, 4) is 0 Å². The van der Waals surface area contributed by atoms with Crippen LogP contribution in [0, 0.1) is 5.92 Å². The van der Waals surface area contributed by atoms with Gasteiger partial charge in [0, 0.05) is 4.90 Å². The van der Waals surface area contributed by atoms with Gasteiger partial charge in [0.2, 0.25) is 0 Å². The first kappa shape index (κ1) is 13.9. The molecule has 13 heavy (non-hydrogen) atoms. The fourth-order valence-electron chi connectivity index (χ4n) is 1.51. The molecule has 0 N–H and O–H groups in total. The van der Waals surface area contributed by atoms with Gasteiger partial charge in [-0.2, -0.15) is 0 Å². The van der Waals surface area contributed by atoms with E-state index >= 15 is 0 Å². The van der Waals surface area contributed by atoms with Crippen molar-refractivity contribution in [2.75, 3.05) is 0 Å². The lowest BCUT2D eigenvalue weighted by Gasteiger charge is -2.31. The average molecular weight is 220 g/mol. The van der Waals surface area contributed by atoms with E-state index in [9.17, 15) is 0 Å². The fourth-order valence-corrected chi connectivity index (χ4v) is 2.25. The van der Waals surface area contributed by atoms with Crippen LogP contribution in [0.4, 0.5) is 0 Å². The Morgan fingerprint density at radius 1 is 1.08 bits per heavy atom. The maximum Gasteiger partial charge on any atom is 0.00183 e. The predicted molar refractivity (Wildman–Crippen MR) is 70.4 cm³/mol. The van der Waals surface area contributed by atoms with E-state index in [1.54, 1.807) is 0 Å². The van der Waals surface area contributed by atoms with E-state index in [0.29, 0.717) is 4.90 Å². The van der Waals surface area contributed by atoms with Crippen LogP contribution in [-0.2, 0) is 0 Å². The molecule has 0 fully saturated rings. The van der Waals surface area contributed by atoms with E-state index < -0.39 is 0 Å². The highest BCUT2D eigenvalue weighted by Gasteiger charge is 2.24. The fraction of sp³-hybridized carbons (Fsp3) is 1.00. The van der Waals surface area contributed by atoms with E-state index in [0.717, 1.165) is 5.92 Å². The summed E-state index contributed by atoms with van der Waals surface area (Å²) in [6.45, 7) is 6.92. The molecule has 0 saturated carbocycles. The van der Waals surface area contributed by atoms with Crippen molar-refractivity contribution >= 4 is 18.5 Å². The SMILES string of the molecule is CCCCC(C)C(P)(P)CCCC. The van der Waals surface area contributed by atoms with Crippen molar-refractivity contribution in [3.05, 3.63) is 0 Å². The summed E-state index contributed by atoms with van der Waals surface area (Å²) in [6.07, 6.45) is 8.05. The molecule has 2 heteroatoms. The largest absolute Gasteiger partial charge is 0.127 e. The normalized spacial score (nSPS) is 14.5. The highest BCUT2D eigenvalue weighted by atomic mass is 31.1. The van der Waals surface area contributed by atoms with Gasteiger partial charge in [0.15, 0.2) is 0 Å². The van der Waals surface area contributed by atoms with Gasteiger partial charge >= 0.3 is 0 Å². The van der Waals surface area contributed by atoms with E-state index in [-0.39, 0.29) is 0 Å². The van der Waals surface area contributed by atoms with Crippen LogP contribution in [0.5, 0.6) is 0 Å². The highest BCUT2D eigenvalue weighted by molar-refractivity contribution is 7.39. The summed E-state index contributed by atoms with van der Waals surface area (Å²) in [4.78, 5) is 0.394. The second kappa shape index (κ2) is 7.19. The third-order valence-corrected chi connectivity index (χ3v) is 4.59. The van der Waals surface area contributed by atoms with Crippen LogP contribution < -0.4 is 0 Å². The van der Waals surface area contributed by atoms with Gasteiger partial charge < -0.3 is 0 Å². The van der Waals surface area contributed by atoms with Gasteiger partial charge in [-0.25, -0.2) is 0 Å². The lowest BCUT2D eigenvalue weighted by molar-refractivity contribution is 0.434. The Bertz CT molecular complexity index is 121. The molecule has 0 aromatic carbocycles. The van der Waals surface area contributed by atoms with Crippen molar-refractivity contribution in [2.45, 2.75) is 64.2 Å². The molecule has 0 rings (SSSR count). The van der Waals surface area contributed by atoms with Crippen molar-refractivity contribution in [3.63, 3.8) is 0 Å². The van der Waals surface area contributed by atoms with Gasteiger partial charge in [0.25, 0.3) is 0 Å².